The molecule has 0 aliphatic carbocycles. The molecule has 2 unspecified atom stereocenters. The van der Waals surface area contributed by atoms with Crippen molar-refractivity contribution in [3.63, 3.8) is 0 Å². The number of carbonyl (C=O) groups is 1. The minimum absolute atomic E-state index is 0.0676. The van der Waals surface area contributed by atoms with Crippen molar-refractivity contribution in [2.45, 2.75) is 39.7 Å². The minimum atomic E-state index is -0.446. The number of hydrogen-bond acceptors (Lipinski definition) is 3. The normalized spacial score (nSPS) is 23.1. The molecule has 0 aromatic heterocycles. The Bertz CT molecular complexity index is 230. The molecule has 0 spiro atoms. The average Bonchev–Trinajstić information content (AvgIpc) is 2.64. The Hall–Kier alpha value is -0.610. The van der Waals surface area contributed by atoms with Crippen LogP contribution >= 0.6 is 0 Å². The molecule has 1 rings (SSSR count). The van der Waals surface area contributed by atoms with Gasteiger partial charge in [-0.3, -0.25) is 4.79 Å². The summed E-state index contributed by atoms with van der Waals surface area (Å²) in [5.74, 6) is 0.153. The number of carbonyl (C=O) groups excluding carboxylic acids is 1. The van der Waals surface area contributed by atoms with Crippen molar-refractivity contribution in [3.05, 3.63) is 0 Å². The Morgan fingerprint density at radius 3 is 2.75 bits per heavy atom. The summed E-state index contributed by atoms with van der Waals surface area (Å²) in [6.45, 7) is 8.30. The summed E-state index contributed by atoms with van der Waals surface area (Å²) >= 11 is 0. The molecule has 3 N–H and O–H groups in total. The van der Waals surface area contributed by atoms with Crippen LogP contribution in [0.1, 0.15) is 33.6 Å². The first-order valence-electron chi connectivity index (χ1n) is 6.05. The molecule has 0 aromatic carbocycles. The van der Waals surface area contributed by atoms with Crippen LogP contribution in [0, 0.1) is 11.3 Å². The van der Waals surface area contributed by atoms with Crippen molar-refractivity contribution in [1.82, 2.24) is 10.6 Å². The van der Waals surface area contributed by atoms with Crippen LogP contribution in [-0.2, 0) is 4.79 Å². The van der Waals surface area contributed by atoms with E-state index in [1.54, 1.807) is 0 Å². The first kappa shape index (κ1) is 13.5. The van der Waals surface area contributed by atoms with Gasteiger partial charge in [0.1, 0.15) is 0 Å². The van der Waals surface area contributed by atoms with E-state index in [1.807, 2.05) is 0 Å². The maximum Gasteiger partial charge on any atom is 0.224 e. The van der Waals surface area contributed by atoms with Gasteiger partial charge >= 0.3 is 0 Å². The first-order chi connectivity index (χ1) is 7.38. The highest BCUT2D eigenvalue weighted by atomic mass is 16.3. The van der Waals surface area contributed by atoms with Crippen LogP contribution < -0.4 is 10.6 Å². The summed E-state index contributed by atoms with van der Waals surface area (Å²) in [4.78, 5) is 11.7. The second-order valence-corrected chi connectivity index (χ2v) is 5.85. The molecule has 1 aliphatic rings. The van der Waals surface area contributed by atoms with Gasteiger partial charge in [-0.15, -0.1) is 0 Å². The Morgan fingerprint density at radius 2 is 2.25 bits per heavy atom. The summed E-state index contributed by atoms with van der Waals surface area (Å²) in [7, 11) is 0. The fourth-order valence-electron chi connectivity index (χ4n) is 2.02. The van der Waals surface area contributed by atoms with E-state index in [1.165, 1.54) is 0 Å². The molecule has 0 bridgehead atoms. The third-order valence-electron chi connectivity index (χ3n) is 2.79. The van der Waals surface area contributed by atoms with Gasteiger partial charge in [-0.1, -0.05) is 20.8 Å². The fraction of sp³-hybridized carbons (Fsp3) is 0.917. The fourth-order valence-corrected chi connectivity index (χ4v) is 2.02. The van der Waals surface area contributed by atoms with Crippen LogP contribution in [0.4, 0.5) is 0 Å². The third kappa shape index (κ3) is 4.94. The van der Waals surface area contributed by atoms with Crippen molar-refractivity contribution < 1.29 is 9.90 Å². The molecule has 4 nitrogen and oxygen atoms in total. The molecular formula is C12H24N2O2. The average molecular weight is 228 g/mol. The predicted octanol–water partition coefficient (Wildman–Crippen LogP) is 0.509. The molecule has 1 aliphatic heterocycles. The molecule has 4 heteroatoms. The topological polar surface area (TPSA) is 61.4 Å². The van der Waals surface area contributed by atoms with Crippen molar-refractivity contribution in [2.24, 2.45) is 11.3 Å². The molecule has 1 amide bonds. The quantitative estimate of drug-likeness (QED) is 0.657. The number of aliphatic hydroxyl groups is 1. The Balaban J connectivity index is 2.20. The second-order valence-electron chi connectivity index (χ2n) is 5.85. The first-order valence-corrected chi connectivity index (χ1v) is 6.05. The smallest absolute Gasteiger partial charge is 0.224 e. The van der Waals surface area contributed by atoms with Crippen molar-refractivity contribution in [3.8, 4) is 0 Å². The van der Waals surface area contributed by atoms with Crippen molar-refractivity contribution >= 4 is 5.91 Å². The van der Waals surface area contributed by atoms with Gasteiger partial charge in [0.2, 0.25) is 5.91 Å². The molecule has 2 atom stereocenters. The monoisotopic (exact) mass is 228 g/mol. The second kappa shape index (κ2) is 5.64. The number of nitrogens with one attached hydrogen (secondary N) is 2. The molecule has 0 saturated carbocycles. The molecule has 0 radical (unpaired) electrons. The number of hydrogen-bond donors (Lipinski definition) is 3. The lowest BCUT2D eigenvalue weighted by Gasteiger charge is -2.22. The van der Waals surface area contributed by atoms with Gasteiger partial charge in [-0.25, -0.2) is 0 Å². The van der Waals surface area contributed by atoms with Crippen molar-refractivity contribution in [2.75, 3.05) is 19.6 Å². The van der Waals surface area contributed by atoms with E-state index in [0.717, 1.165) is 19.5 Å². The summed E-state index contributed by atoms with van der Waals surface area (Å²) < 4.78 is 0. The largest absolute Gasteiger partial charge is 0.391 e. The Kier molecular flexibility index (Phi) is 4.74. The summed E-state index contributed by atoms with van der Waals surface area (Å²) in [6, 6.07) is 0. The molecule has 0 aromatic rings. The van der Waals surface area contributed by atoms with Gasteiger partial charge in [-0.05, 0) is 24.8 Å². The van der Waals surface area contributed by atoms with E-state index in [2.05, 4.69) is 31.4 Å². The molecule has 1 heterocycles. The summed E-state index contributed by atoms with van der Waals surface area (Å²) in [6.07, 6.45) is 1.16. The number of amides is 1. The SMILES string of the molecule is CC(C)(C)CC(O)CNC(=O)C1CCNC1. The number of aliphatic hydroxyl groups excluding tert-OH is 1. The number of rotatable bonds is 4. The van der Waals surface area contributed by atoms with Gasteiger partial charge in [0.15, 0.2) is 0 Å². The maximum atomic E-state index is 11.7. The van der Waals surface area contributed by atoms with E-state index in [4.69, 9.17) is 0 Å². The van der Waals surface area contributed by atoms with E-state index in [0.29, 0.717) is 13.0 Å². The molecule has 1 fully saturated rings. The van der Waals surface area contributed by atoms with E-state index >= 15 is 0 Å². The minimum Gasteiger partial charge on any atom is -0.391 e. The lowest BCUT2D eigenvalue weighted by atomic mass is 9.89. The lowest BCUT2D eigenvalue weighted by Crippen LogP contribution is -2.38. The Morgan fingerprint density at radius 1 is 1.56 bits per heavy atom. The standard InChI is InChI=1S/C12H24N2O2/c1-12(2,3)6-10(15)8-14-11(16)9-4-5-13-7-9/h9-10,13,15H,4-8H2,1-3H3,(H,14,16). The maximum absolute atomic E-state index is 11.7. The zero-order valence-corrected chi connectivity index (χ0v) is 10.5. The molecular weight excluding hydrogens is 204 g/mol. The highest BCUT2D eigenvalue weighted by Crippen LogP contribution is 2.20. The zero-order valence-electron chi connectivity index (χ0n) is 10.5. The summed E-state index contributed by atoms with van der Waals surface area (Å²) in [5.41, 5.74) is 0.0963. The van der Waals surface area contributed by atoms with Gasteiger partial charge in [-0.2, -0.15) is 0 Å². The van der Waals surface area contributed by atoms with Crippen molar-refractivity contribution in [1.29, 1.82) is 0 Å². The third-order valence-corrected chi connectivity index (χ3v) is 2.79. The Labute approximate surface area is 97.8 Å². The highest BCUT2D eigenvalue weighted by molar-refractivity contribution is 5.79. The van der Waals surface area contributed by atoms with E-state index < -0.39 is 6.10 Å². The van der Waals surface area contributed by atoms with Gasteiger partial charge in [0, 0.05) is 13.1 Å². The van der Waals surface area contributed by atoms with Crippen LogP contribution in [0.3, 0.4) is 0 Å². The highest BCUT2D eigenvalue weighted by Gasteiger charge is 2.23. The van der Waals surface area contributed by atoms with Crippen LogP contribution in [0.2, 0.25) is 0 Å². The molecule has 1 saturated heterocycles. The lowest BCUT2D eigenvalue weighted by molar-refractivity contribution is -0.125. The molecule has 94 valence electrons. The summed E-state index contributed by atoms with van der Waals surface area (Å²) in [5, 5.41) is 15.7. The molecule has 16 heavy (non-hydrogen) atoms. The van der Waals surface area contributed by atoms with Crippen LogP contribution in [0.15, 0.2) is 0 Å². The van der Waals surface area contributed by atoms with Gasteiger partial charge < -0.3 is 15.7 Å². The van der Waals surface area contributed by atoms with Crippen LogP contribution in [-0.4, -0.2) is 36.8 Å². The van der Waals surface area contributed by atoms with E-state index in [-0.39, 0.29) is 17.2 Å². The van der Waals surface area contributed by atoms with Gasteiger partial charge in [0.05, 0.1) is 12.0 Å². The van der Waals surface area contributed by atoms with Crippen LogP contribution in [0.5, 0.6) is 0 Å². The zero-order chi connectivity index (χ0) is 12.2. The van der Waals surface area contributed by atoms with Crippen LogP contribution in [0.25, 0.3) is 0 Å². The predicted molar refractivity (Wildman–Crippen MR) is 64.1 cm³/mol. The van der Waals surface area contributed by atoms with E-state index in [9.17, 15) is 9.90 Å². The van der Waals surface area contributed by atoms with Gasteiger partial charge in [0.25, 0.3) is 0 Å².